The van der Waals surface area contributed by atoms with Crippen LogP contribution in [0.1, 0.15) is 27.7 Å². The van der Waals surface area contributed by atoms with E-state index in [-0.39, 0.29) is 17.5 Å². The average molecular weight is 261 g/mol. The normalized spacial score (nSPS) is 38.2. The van der Waals surface area contributed by atoms with Crippen molar-refractivity contribution in [3.05, 3.63) is 0 Å². The van der Waals surface area contributed by atoms with E-state index in [2.05, 4.69) is 33.0 Å². The molecule has 1 saturated carbocycles. The topological polar surface area (TPSA) is 66.4 Å². The largest absolute Gasteiger partial charge is 0.390 e. The van der Waals surface area contributed by atoms with Gasteiger partial charge in [-0.25, -0.2) is 8.42 Å². The molecule has 0 bridgehead atoms. The van der Waals surface area contributed by atoms with Crippen molar-refractivity contribution in [1.82, 2.24) is 5.32 Å². The lowest BCUT2D eigenvalue weighted by atomic mass is 10.0. The summed E-state index contributed by atoms with van der Waals surface area (Å²) < 4.78 is 22.7. The van der Waals surface area contributed by atoms with Crippen LogP contribution in [0.15, 0.2) is 0 Å². The highest BCUT2D eigenvalue weighted by molar-refractivity contribution is 7.91. The highest BCUT2D eigenvalue weighted by atomic mass is 32.2. The van der Waals surface area contributed by atoms with Gasteiger partial charge in [0.2, 0.25) is 0 Å². The Morgan fingerprint density at radius 1 is 1.18 bits per heavy atom. The Hall–Kier alpha value is -0.130. The molecule has 0 radical (unpaired) electrons. The highest BCUT2D eigenvalue weighted by Gasteiger charge is 2.64. The zero-order valence-electron chi connectivity index (χ0n) is 11.0. The van der Waals surface area contributed by atoms with Crippen LogP contribution in [0.5, 0.6) is 0 Å². The second kappa shape index (κ2) is 3.68. The van der Waals surface area contributed by atoms with Gasteiger partial charge in [-0.05, 0) is 23.3 Å². The van der Waals surface area contributed by atoms with Gasteiger partial charge in [-0.2, -0.15) is 0 Å². The molecule has 17 heavy (non-hydrogen) atoms. The van der Waals surface area contributed by atoms with Crippen LogP contribution in [0.25, 0.3) is 0 Å². The maximum Gasteiger partial charge on any atom is 0.154 e. The van der Waals surface area contributed by atoms with Crippen LogP contribution in [-0.4, -0.2) is 43.7 Å². The molecule has 2 atom stereocenters. The first-order valence-corrected chi connectivity index (χ1v) is 8.02. The smallest absolute Gasteiger partial charge is 0.154 e. The minimum absolute atomic E-state index is 0.0712. The van der Waals surface area contributed by atoms with E-state index in [1.807, 2.05) is 0 Å². The van der Waals surface area contributed by atoms with Crippen LogP contribution in [-0.2, 0) is 9.84 Å². The van der Waals surface area contributed by atoms with Crippen LogP contribution < -0.4 is 5.32 Å². The zero-order chi connectivity index (χ0) is 13.1. The lowest BCUT2D eigenvalue weighted by Gasteiger charge is -2.15. The molecule has 5 heteroatoms. The molecule has 2 fully saturated rings. The van der Waals surface area contributed by atoms with Gasteiger partial charge < -0.3 is 10.4 Å². The molecule has 1 heterocycles. The molecule has 2 rings (SSSR count). The number of hydrogen-bond acceptors (Lipinski definition) is 4. The number of aliphatic hydroxyl groups excluding tert-OH is 1. The molecule has 0 aromatic heterocycles. The van der Waals surface area contributed by atoms with Crippen molar-refractivity contribution in [3.8, 4) is 0 Å². The lowest BCUT2D eigenvalue weighted by Crippen LogP contribution is -2.40. The molecule has 1 aliphatic heterocycles. The minimum Gasteiger partial charge on any atom is -0.390 e. The highest BCUT2D eigenvalue weighted by Crippen LogP contribution is 2.67. The van der Waals surface area contributed by atoms with E-state index in [4.69, 9.17) is 0 Å². The Kier molecular flexibility index (Phi) is 2.88. The molecule has 0 aromatic rings. The first kappa shape index (κ1) is 13.3. The average Bonchev–Trinajstić information content (AvgIpc) is 2.40. The second-order valence-corrected chi connectivity index (χ2v) is 8.81. The molecule has 0 spiro atoms. The van der Waals surface area contributed by atoms with Crippen LogP contribution in [0.4, 0.5) is 0 Å². The first-order chi connectivity index (χ1) is 7.58. The van der Waals surface area contributed by atoms with E-state index in [1.165, 1.54) is 0 Å². The molecule has 0 aromatic carbocycles. The van der Waals surface area contributed by atoms with Crippen molar-refractivity contribution in [3.63, 3.8) is 0 Å². The molecule has 2 unspecified atom stereocenters. The summed E-state index contributed by atoms with van der Waals surface area (Å²) >= 11 is 0. The molecule has 2 aliphatic rings. The molecule has 1 aliphatic carbocycles. The number of sulfone groups is 1. The standard InChI is InChI=1S/C12H23NO3S/c1-11(2)10(12(11,3)4)5-13-8-6-17(15,16)7-9(8)14/h8-10,13-14H,5-7H2,1-4H3. The van der Waals surface area contributed by atoms with Gasteiger partial charge >= 0.3 is 0 Å². The summed E-state index contributed by atoms with van der Waals surface area (Å²) in [6.45, 7) is 9.74. The van der Waals surface area contributed by atoms with Crippen molar-refractivity contribution < 1.29 is 13.5 Å². The molecular weight excluding hydrogens is 238 g/mol. The first-order valence-electron chi connectivity index (χ1n) is 6.20. The predicted octanol–water partition coefficient (Wildman–Crippen LogP) is 0.416. The van der Waals surface area contributed by atoms with Crippen molar-refractivity contribution >= 4 is 9.84 Å². The van der Waals surface area contributed by atoms with Gasteiger partial charge in [0.05, 0.1) is 17.6 Å². The van der Waals surface area contributed by atoms with E-state index in [1.54, 1.807) is 0 Å². The van der Waals surface area contributed by atoms with Gasteiger partial charge in [0.15, 0.2) is 9.84 Å². The van der Waals surface area contributed by atoms with Gasteiger partial charge in [-0.1, -0.05) is 27.7 Å². The minimum atomic E-state index is -3.04. The summed E-state index contributed by atoms with van der Waals surface area (Å²) in [4.78, 5) is 0. The van der Waals surface area contributed by atoms with Gasteiger partial charge in [-0.3, -0.25) is 0 Å². The Balaban J connectivity index is 1.89. The summed E-state index contributed by atoms with van der Waals surface area (Å²) in [5.41, 5.74) is 0.588. The van der Waals surface area contributed by atoms with Crippen molar-refractivity contribution in [2.24, 2.45) is 16.7 Å². The van der Waals surface area contributed by atoms with Crippen molar-refractivity contribution in [1.29, 1.82) is 0 Å². The number of nitrogens with one attached hydrogen (secondary N) is 1. The number of aliphatic hydroxyl groups is 1. The fraction of sp³-hybridized carbons (Fsp3) is 1.00. The van der Waals surface area contributed by atoms with E-state index in [0.29, 0.717) is 16.7 Å². The maximum absolute atomic E-state index is 11.4. The quantitative estimate of drug-likeness (QED) is 0.772. The molecule has 1 saturated heterocycles. The van der Waals surface area contributed by atoms with Crippen LogP contribution in [0, 0.1) is 16.7 Å². The predicted molar refractivity (Wildman–Crippen MR) is 67.5 cm³/mol. The fourth-order valence-electron chi connectivity index (χ4n) is 3.14. The van der Waals surface area contributed by atoms with Crippen LogP contribution >= 0.6 is 0 Å². The Labute approximate surface area is 104 Å². The Morgan fingerprint density at radius 3 is 2.06 bits per heavy atom. The van der Waals surface area contributed by atoms with Crippen LogP contribution in [0.2, 0.25) is 0 Å². The van der Waals surface area contributed by atoms with Crippen molar-refractivity contribution in [2.75, 3.05) is 18.1 Å². The van der Waals surface area contributed by atoms with Gasteiger partial charge in [0, 0.05) is 6.04 Å². The number of hydrogen-bond donors (Lipinski definition) is 2. The van der Waals surface area contributed by atoms with Gasteiger partial charge in [-0.15, -0.1) is 0 Å². The summed E-state index contributed by atoms with van der Waals surface area (Å²) in [7, 11) is -3.04. The van der Waals surface area contributed by atoms with E-state index in [0.717, 1.165) is 6.54 Å². The Bertz CT molecular complexity index is 399. The third-order valence-corrected chi connectivity index (χ3v) is 6.94. The Morgan fingerprint density at radius 2 is 1.71 bits per heavy atom. The van der Waals surface area contributed by atoms with Crippen molar-refractivity contribution in [2.45, 2.75) is 39.8 Å². The molecular formula is C12H23NO3S. The summed E-state index contributed by atoms with van der Waals surface area (Å²) in [6.07, 6.45) is -0.745. The lowest BCUT2D eigenvalue weighted by molar-refractivity contribution is 0.164. The summed E-state index contributed by atoms with van der Waals surface area (Å²) in [5, 5.41) is 12.9. The van der Waals surface area contributed by atoms with E-state index in [9.17, 15) is 13.5 Å². The number of rotatable bonds is 3. The molecule has 0 amide bonds. The fourth-order valence-corrected chi connectivity index (χ4v) is 4.91. The van der Waals surface area contributed by atoms with Crippen LogP contribution in [0.3, 0.4) is 0 Å². The molecule has 100 valence electrons. The SMILES string of the molecule is CC1(C)C(CNC2CS(=O)(=O)CC2O)C1(C)C. The third-order valence-electron chi connectivity index (χ3n) is 5.23. The molecule has 2 N–H and O–H groups in total. The van der Waals surface area contributed by atoms with E-state index < -0.39 is 15.9 Å². The zero-order valence-corrected chi connectivity index (χ0v) is 11.8. The summed E-state index contributed by atoms with van der Waals surface area (Å²) in [6, 6.07) is -0.285. The van der Waals surface area contributed by atoms with Gasteiger partial charge in [0.1, 0.15) is 0 Å². The second-order valence-electron chi connectivity index (χ2n) is 6.65. The molecule has 4 nitrogen and oxygen atoms in total. The third kappa shape index (κ3) is 2.13. The maximum atomic E-state index is 11.4. The van der Waals surface area contributed by atoms with E-state index >= 15 is 0 Å². The van der Waals surface area contributed by atoms with Gasteiger partial charge in [0.25, 0.3) is 0 Å². The monoisotopic (exact) mass is 261 g/mol. The summed E-state index contributed by atoms with van der Waals surface area (Å²) in [5.74, 6) is 0.523.